The van der Waals surface area contributed by atoms with Gasteiger partial charge in [-0.05, 0) is 68.7 Å². The van der Waals surface area contributed by atoms with E-state index in [1.807, 2.05) is 32.0 Å². The van der Waals surface area contributed by atoms with Crippen molar-refractivity contribution in [3.8, 4) is 5.75 Å². The number of ether oxygens (including phenoxy) is 1. The molecule has 2 aliphatic rings. The van der Waals surface area contributed by atoms with Crippen LogP contribution in [0.1, 0.15) is 58.8 Å². The standard InChI is InChI=1S/C22H25FN2O2/c1-13-8-15(4-7-20(13)23)16-10-17-5-6-18(11-16)25(17)22(26)19-9-14(2)24-12-21(19)27-3/h4,7-9,12,16-18H,5-6,10-11H2,1-3H3/t16?,17-,18+. The summed E-state index contributed by atoms with van der Waals surface area (Å²) in [5, 5.41) is 0. The molecule has 0 aliphatic carbocycles. The summed E-state index contributed by atoms with van der Waals surface area (Å²) in [4.78, 5) is 19.6. The van der Waals surface area contributed by atoms with E-state index in [-0.39, 0.29) is 23.8 Å². The predicted octanol–water partition coefficient (Wildman–Crippen LogP) is 4.40. The number of piperidine rings is 1. The van der Waals surface area contributed by atoms with Crippen LogP contribution >= 0.6 is 0 Å². The van der Waals surface area contributed by atoms with Gasteiger partial charge in [-0.25, -0.2) is 4.39 Å². The van der Waals surface area contributed by atoms with Crippen LogP contribution in [-0.2, 0) is 0 Å². The van der Waals surface area contributed by atoms with Crippen LogP contribution in [0.3, 0.4) is 0 Å². The highest BCUT2D eigenvalue weighted by molar-refractivity contribution is 5.97. The van der Waals surface area contributed by atoms with Gasteiger partial charge in [-0.3, -0.25) is 9.78 Å². The van der Waals surface area contributed by atoms with E-state index in [2.05, 4.69) is 9.88 Å². The third-order valence-electron chi connectivity index (χ3n) is 6.08. The molecule has 2 bridgehead atoms. The number of aromatic nitrogens is 1. The van der Waals surface area contributed by atoms with Gasteiger partial charge in [0.2, 0.25) is 0 Å². The van der Waals surface area contributed by atoms with E-state index in [1.54, 1.807) is 19.4 Å². The third-order valence-corrected chi connectivity index (χ3v) is 6.08. The zero-order valence-corrected chi connectivity index (χ0v) is 16.0. The van der Waals surface area contributed by atoms with Gasteiger partial charge in [0.15, 0.2) is 0 Å². The summed E-state index contributed by atoms with van der Waals surface area (Å²) < 4.78 is 19.0. The quantitative estimate of drug-likeness (QED) is 0.807. The van der Waals surface area contributed by atoms with Gasteiger partial charge < -0.3 is 9.64 Å². The van der Waals surface area contributed by atoms with E-state index >= 15 is 0 Å². The van der Waals surface area contributed by atoms with Gasteiger partial charge in [0.05, 0.1) is 18.9 Å². The molecule has 142 valence electrons. The largest absolute Gasteiger partial charge is 0.494 e. The average molecular weight is 368 g/mol. The highest BCUT2D eigenvalue weighted by Crippen LogP contribution is 2.44. The average Bonchev–Trinajstić information content (AvgIpc) is 2.92. The van der Waals surface area contributed by atoms with Crippen LogP contribution in [0.4, 0.5) is 4.39 Å². The van der Waals surface area contributed by atoms with Crippen LogP contribution < -0.4 is 4.74 Å². The Kier molecular flexibility index (Phi) is 4.62. The molecule has 0 spiro atoms. The number of benzene rings is 1. The van der Waals surface area contributed by atoms with E-state index in [9.17, 15) is 9.18 Å². The molecule has 0 radical (unpaired) electrons. The van der Waals surface area contributed by atoms with Crippen LogP contribution in [0.2, 0.25) is 0 Å². The minimum absolute atomic E-state index is 0.0404. The monoisotopic (exact) mass is 368 g/mol. The number of carbonyl (C=O) groups is 1. The molecule has 4 nitrogen and oxygen atoms in total. The minimum atomic E-state index is -0.158. The minimum Gasteiger partial charge on any atom is -0.494 e. The first-order valence-corrected chi connectivity index (χ1v) is 9.57. The van der Waals surface area contributed by atoms with Crippen molar-refractivity contribution in [2.45, 2.75) is 57.5 Å². The first-order valence-electron chi connectivity index (χ1n) is 9.57. The summed E-state index contributed by atoms with van der Waals surface area (Å²) in [6, 6.07) is 7.70. The first kappa shape index (κ1) is 18.0. The number of amides is 1. The number of hydrogen-bond donors (Lipinski definition) is 0. The second-order valence-corrected chi connectivity index (χ2v) is 7.80. The SMILES string of the molecule is COc1cnc(C)cc1C(=O)N1[C@@H]2CC[C@H]1CC(c1ccc(F)c(C)c1)C2. The van der Waals surface area contributed by atoms with E-state index in [1.165, 1.54) is 5.56 Å². The smallest absolute Gasteiger partial charge is 0.258 e. The predicted molar refractivity (Wildman–Crippen MR) is 102 cm³/mol. The lowest BCUT2D eigenvalue weighted by Gasteiger charge is -2.39. The molecule has 2 aromatic rings. The van der Waals surface area contributed by atoms with Crippen LogP contribution in [0.15, 0.2) is 30.5 Å². The molecule has 0 saturated carbocycles. The van der Waals surface area contributed by atoms with Crippen molar-refractivity contribution < 1.29 is 13.9 Å². The molecule has 5 heteroatoms. The summed E-state index contributed by atoms with van der Waals surface area (Å²) in [7, 11) is 1.57. The maximum atomic E-state index is 13.6. The number of pyridine rings is 1. The number of rotatable bonds is 3. The summed E-state index contributed by atoms with van der Waals surface area (Å²) in [6.07, 6.45) is 5.54. The normalized spacial score (nSPS) is 24.1. The zero-order chi connectivity index (χ0) is 19.1. The molecule has 1 aromatic carbocycles. The summed E-state index contributed by atoms with van der Waals surface area (Å²) in [5.41, 5.74) is 3.28. The lowest BCUT2D eigenvalue weighted by molar-refractivity contribution is 0.0568. The van der Waals surface area contributed by atoms with Gasteiger partial charge in [0, 0.05) is 17.8 Å². The molecule has 27 heavy (non-hydrogen) atoms. The number of aryl methyl sites for hydroxylation is 2. The van der Waals surface area contributed by atoms with Gasteiger partial charge in [-0.2, -0.15) is 0 Å². The van der Waals surface area contributed by atoms with Crippen molar-refractivity contribution >= 4 is 5.91 Å². The highest BCUT2D eigenvalue weighted by Gasteiger charge is 2.44. The summed E-state index contributed by atoms with van der Waals surface area (Å²) in [6.45, 7) is 3.69. The van der Waals surface area contributed by atoms with Gasteiger partial charge in [0.1, 0.15) is 11.6 Å². The van der Waals surface area contributed by atoms with Gasteiger partial charge in [-0.15, -0.1) is 0 Å². The molecule has 0 N–H and O–H groups in total. The lowest BCUT2D eigenvalue weighted by atomic mass is 9.84. The molecule has 2 saturated heterocycles. The van der Waals surface area contributed by atoms with Crippen molar-refractivity contribution in [3.63, 3.8) is 0 Å². The number of fused-ring (bicyclic) bond motifs is 2. The van der Waals surface area contributed by atoms with Crippen molar-refractivity contribution in [1.29, 1.82) is 0 Å². The third kappa shape index (κ3) is 3.20. The molecule has 3 heterocycles. The summed E-state index contributed by atoms with van der Waals surface area (Å²) in [5.74, 6) is 0.793. The Morgan fingerprint density at radius 3 is 2.52 bits per heavy atom. The molecule has 1 aromatic heterocycles. The topological polar surface area (TPSA) is 42.4 Å². The second kappa shape index (κ2) is 6.95. The Morgan fingerprint density at radius 2 is 1.89 bits per heavy atom. The number of halogens is 1. The molecule has 4 rings (SSSR count). The van der Waals surface area contributed by atoms with Crippen LogP contribution in [0.5, 0.6) is 5.75 Å². The van der Waals surface area contributed by atoms with Gasteiger partial charge in [-0.1, -0.05) is 12.1 Å². The number of nitrogens with zero attached hydrogens (tertiary/aromatic N) is 2. The number of carbonyl (C=O) groups excluding carboxylic acids is 1. The Hall–Kier alpha value is -2.43. The zero-order valence-electron chi connectivity index (χ0n) is 16.0. The fourth-order valence-corrected chi connectivity index (χ4v) is 4.72. The van der Waals surface area contributed by atoms with Crippen molar-refractivity contribution in [2.75, 3.05) is 7.11 Å². The van der Waals surface area contributed by atoms with Gasteiger partial charge >= 0.3 is 0 Å². The Labute approximate surface area is 159 Å². The van der Waals surface area contributed by atoms with Crippen LogP contribution in [0, 0.1) is 19.7 Å². The Morgan fingerprint density at radius 1 is 1.19 bits per heavy atom. The van der Waals surface area contributed by atoms with E-state index in [0.29, 0.717) is 22.8 Å². The molecular formula is C22H25FN2O2. The fraction of sp³-hybridized carbons (Fsp3) is 0.455. The van der Waals surface area contributed by atoms with E-state index in [4.69, 9.17) is 4.74 Å². The number of hydrogen-bond acceptors (Lipinski definition) is 3. The van der Waals surface area contributed by atoms with Gasteiger partial charge in [0.25, 0.3) is 5.91 Å². The number of methoxy groups -OCH3 is 1. The molecule has 1 unspecified atom stereocenters. The fourth-order valence-electron chi connectivity index (χ4n) is 4.72. The maximum absolute atomic E-state index is 13.6. The van der Waals surface area contributed by atoms with Crippen molar-refractivity contribution in [1.82, 2.24) is 9.88 Å². The molecule has 2 aliphatic heterocycles. The Balaban J connectivity index is 1.58. The van der Waals surface area contributed by atoms with Crippen molar-refractivity contribution in [2.24, 2.45) is 0 Å². The summed E-state index contributed by atoms with van der Waals surface area (Å²) >= 11 is 0. The first-order chi connectivity index (χ1) is 13.0. The highest BCUT2D eigenvalue weighted by atomic mass is 19.1. The molecule has 2 fully saturated rings. The molecular weight excluding hydrogens is 343 g/mol. The van der Waals surface area contributed by atoms with Crippen molar-refractivity contribution in [3.05, 3.63) is 58.7 Å². The van der Waals surface area contributed by atoms with Crippen LogP contribution in [-0.4, -0.2) is 35.0 Å². The molecule has 1 amide bonds. The van der Waals surface area contributed by atoms with E-state index < -0.39 is 0 Å². The van der Waals surface area contributed by atoms with Crippen LogP contribution in [0.25, 0.3) is 0 Å². The lowest BCUT2D eigenvalue weighted by Crippen LogP contribution is -2.46. The molecule has 3 atom stereocenters. The maximum Gasteiger partial charge on any atom is 0.258 e. The Bertz CT molecular complexity index is 869. The van der Waals surface area contributed by atoms with E-state index in [0.717, 1.165) is 31.4 Å². The second-order valence-electron chi connectivity index (χ2n) is 7.80.